The third kappa shape index (κ3) is 2.31. The number of carboxylic acid groups (broad SMARTS) is 1. The average Bonchev–Trinajstić information content (AvgIpc) is 2.82. The maximum absolute atomic E-state index is 12.4. The van der Waals surface area contributed by atoms with Gasteiger partial charge in [-0.05, 0) is 18.6 Å². The van der Waals surface area contributed by atoms with Crippen molar-refractivity contribution < 1.29 is 24.2 Å². The van der Waals surface area contributed by atoms with Crippen LogP contribution in [0.1, 0.15) is 16.8 Å². The summed E-state index contributed by atoms with van der Waals surface area (Å²) in [5, 5.41) is 8.98. The van der Waals surface area contributed by atoms with Gasteiger partial charge in [-0.2, -0.15) is 0 Å². The van der Waals surface area contributed by atoms with Crippen molar-refractivity contribution in [3.8, 4) is 0 Å². The van der Waals surface area contributed by atoms with Gasteiger partial charge in [-0.1, -0.05) is 18.2 Å². The zero-order chi connectivity index (χ0) is 15.0. The molecule has 2 heterocycles. The second-order valence-electron chi connectivity index (χ2n) is 5.05. The molecule has 2 aliphatic heterocycles. The van der Waals surface area contributed by atoms with E-state index in [0.29, 0.717) is 12.0 Å². The maximum atomic E-state index is 12.4. The smallest absolute Gasteiger partial charge is 0.417 e. The van der Waals surface area contributed by atoms with Crippen LogP contribution in [-0.4, -0.2) is 58.2 Å². The van der Waals surface area contributed by atoms with Gasteiger partial charge < -0.3 is 14.7 Å². The van der Waals surface area contributed by atoms with Crippen LogP contribution in [0, 0.1) is 0 Å². The standard InChI is InChI=1S/C14H14N2O5/c17-12(9-4-2-1-3-5-9)16-10-6-7-15(13(18)19)8-11(10)21-14(16)20/h1-5,10-11H,6-8H2,(H,18,19)/t10-,11+/m0/s1. The highest BCUT2D eigenvalue weighted by molar-refractivity contribution is 6.04. The Morgan fingerprint density at radius 1 is 1.24 bits per heavy atom. The minimum atomic E-state index is -1.04. The molecule has 110 valence electrons. The van der Waals surface area contributed by atoms with E-state index in [1.807, 2.05) is 0 Å². The number of fused-ring (bicyclic) bond motifs is 1. The molecular weight excluding hydrogens is 276 g/mol. The Morgan fingerprint density at radius 3 is 2.62 bits per heavy atom. The number of ether oxygens (including phenoxy) is 1. The number of carbonyl (C=O) groups is 3. The fourth-order valence-electron chi connectivity index (χ4n) is 2.76. The molecule has 1 N–H and O–H groups in total. The van der Waals surface area contributed by atoms with E-state index in [-0.39, 0.29) is 13.1 Å². The molecule has 0 saturated carbocycles. The van der Waals surface area contributed by atoms with E-state index in [2.05, 4.69) is 0 Å². The van der Waals surface area contributed by atoms with Gasteiger partial charge in [0.1, 0.15) is 6.10 Å². The van der Waals surface area contributed by atoms with E-state index in [1.54, 1.807) is 30.3 Å². The Balaban J connectivity index is 1.80. The Hall–Kier alpha value is -2.57. The van der Waals surface area contributed by atoms with E-state index in [1.165, 1.54) is 4.90 Å². The lowest BCUT2D eigenvalue weighted by Crippen LogP contribution is -2.51. The topological polar surface area (TPSA) is 87.2 Å². The molecule has 3 rings (SSSR count). The normalized spacial score (nSPS) is 24.5. The lowest BCUT2D eigenvalue weighted by Gasteiger charge is -2.33. The van der Waals surface area contributed by atoms with Crippen molar-refractivity contribution in [1.82, 2.24) is 9.80 Å². The number of amides is 3. The van der Waals surface area contributed by atoms with Gasteiger partial charge in [-0.15, -0.1) is 0 Å². The first-order chi connectivity index (χ1) is 10.1. The minimum absolute atomic E-state index is 0.101. The van der Waals surface area contributed by atoms with Crippen molar-refractivity contribution >= 4 is 18.1 Å². The predicted molar refractivity (Wildman–Crippen MR) is 70.9 cm³/mol. The number of hydrogen-bond acceptors (Lipinski definition) is 4. The number of piperidine rings is 1. The van der Waals surface area contributed by atoms with Crippen LogP contribution in [0.3, 0.4) is 0 Å². The first-order valence-electron chi connectivity index (χ1n) is 6.65. The van der Waals surface area contributed by atoms with Gasteiger partial charge in [-0.25, -0.2) is 14.5 Å². The third-order valence-corrected chi connectivity index (χ3v) is 3.81. The largest absolute Gasteiger partial charge is 0.465 e. The maximum Gasteiger partial charge on any atom is 0.417 e. The van der Waals surface area contributed by atoms with Gasteiger partial charge in [0.25, 0.3) is 5.91 Å². The van der Waals surface area contributed by atoms with Crippen LogP contribution in [0.4, 0.5) is 9.59 Å². The lowest BCUT2D eigenvalue weighted by molar-refractivity contribution is 0.0586. The fourth-order valence-corrected chi connectivity index (χ4v) is 2.76. The molecule has 2 aliphatic rings. The molecule has 1 aromatic rings. The summed E-state index contributed by atoms with van der Waals surface area (Å²) in [5.41, 5.74) is 0.413. The monoisotopic (exact) mass is 290 g/mol. The van der Waals surface area contributed by atoms with Gasteiger partial charge in [0.05, 0.1) is 12.6 Å². The minimum Gasteiger partial charge on any atom is -0.465 e. The SMILES string of the molecule is O=C(O)N1CC[C@H]2[C@@H](C1)OC(=O)N2C(=O)c1ccccc1. The van der Waals surface area contributed by atoms with Crippen molar-refractivity contribution in [1.29, 1.82) is 0 Å². The van der Waals surface area contributed by atoms with Gasteiger partial charge in [0.2, 0.25) is 0 Å². The molecule has 0 unspecified atom stereocenters. The molecule has 2 atom stereocenters. The highest BCUT2D eigenvalue weighted by Gasteiger charge is 2.48. The van der Waals surface area contributed by atoms with Crippen LogP contribution in [0.25, 0.3) is 0 Å². The fraction of sp³-hybridized carbons (Fsp3) is 0.357. The summed E-state index contributed by atoms with van der Waals surface area (Å²) in [7, 11) is 0. The van der Waals surface area contributed by atoms with Crippen LogP contribution < -0.4 is 0 Å². The molecule has 2 saturated heterocycles. The Labute approximate surface area is 120 Å². The van der Waals surface area contributed by atoms with Gasteiger partial charge in [0, 0.05) is 12.1 Å². The number of likely N-dealkylation sites (tertiary alicyclic amines) is 1. The average molecular weight is 290 g/mol. The summed E-state index contributed by atoms with van der Waals surface area (Å²) in [6.07, 6.45) is -1.94. The van der Waals surface area contributed by atoms with Crippen molar-refractivity contribution in [2.75, 3.05) is 13.1 Å². The third-order valence-electron chi connectivity index (χ3n) is 3.81. The van der Waals surface area contributed by atoms with Gasteiger partial charge in [-0.3, -0.25) is 4.79 Å². The van der Waals surface area contributed by atoms with Crippen LogP contribution in [0.5, 0.6) is 0 Å². The number of carbonyl (C=O) groups excluding carboxylic acids is 2. The van der Waals surface area contributed by atoms with Crippen molar-refractivity contribution in [2.45, 2.75) is 18.6 Å². The Bertz CT molecular complexity index is 588. The zero-order valence-electron chi connectivity index (χ0n) is 11.1. The quantitative estimate of drug-likeness (QED) is 0.844. The molecule has 7 nitrogen and oxygen atoms in total. The van der Waals surface area contributed by atoms with Crippen LogP contribution in [-0.2, 0) is 4.74 Å². The zero-order valence-corrected chi connectivity index (χ0v) is 11.1. The van der Waals surface area contributed by atoms with E-state index in [9.17, 15) is 14.4 Å². The second kappa shape index (κ2) is 5.08. The molecule has 0 spiro atoms. The summed E-state index contributed by atoms with van der Waals surface area (Å²) in [5.74, 6) is -0.406. The lowest BCUT2D eigenvalue weighted by atomic mass is 10.0. The predicted octanol–water partition coefficient (Wildman–Crippen LogP) is 1.40. The van der Waals surface area contributed by atoms with Gasteiger partial charge in [0.15, 0.2) is 0 Å². The molecule has 0 aromatic heterocycles. The molecular formula is C14H14N2O5. The molecule has 0 radical (unpaired) electrons. The van der Waals surface area contributed by atoms with Crippen LogP contribution >= 0.6 is 0 Å². The number of benzene rings is 1. The van der Waals surface area contributed by atoms with E-state index in [4.69, 9.17) is 9.84 Å². The molecule has 0 aliphatic carbocycles. The van der Waals surface area contributed by atoms with Gasteiger partial charge >= 0.3 is 12.2 Å². The summed E-state index contributed by atoms with van der Waals surface area (Å²) in [6.45, 7) is 0.385. The Morgan fingerprint density at radius 2 is 1.95 bits per heavy atom. The Kier molecular flexibility index (Phi) is 3.25. The van der Waals surface area contributed by atoms with E-state index >= 15 is 0 Å². The molecule has 0 bridgehead atoms. The highest BCUT2D eigenvalue weighted by atomic mass is 16.6. The summed E-state index contributed by atoms with van der Waals surface area (Å²) >= 11 is 0. The van der Waals surface area contributed by atoms with Crippen molar-refractivity contribution in [2.24, 2.45) is 0 Å². The molecule has 1 aromatic carbocycles. The van der Waals surface area contributed by atoms with Crippen molar-refractivity contribution in [3.05, 3.63) is 35.9 Å². The molecule has 21 heavy (non-hydrogen) atoms. The summed E-state index contributed by atoms with van der Waals surface area (Å²) in [4.78, 5) is 37.6. The highest BCUT2D eigenvalue weighted by Crippen LogP contribution is 2.28. The van der Waals surface area contributed by atoms with E-state index in [0.717, 1.165) is 4.90 Å². The molecule has 2 fully saturated rings. The number of rotatable bonds is 1. The van der Waals surface area contributed by atoms with Crippen molar-refractivity contribution in [3.63, 3.8) is 0 Å². The number of hydrogen-bond donors (Lipinski definition) is 1. The first-order valence-corrected chi connectivity index (χ1v) is 6.65. The molecule has 7 heteroatoms. The van der Waals surface area contributed by atoms with Crippen LogP contribution in [0.2, 0.25) is 0 Å². The number of nitrogens with zero attached hydrogens (tertiary/aromatic N) is 2. The second-order valence-corrected chi connectivity index (χ2v) is 5.05. The summed E-state index contributed by atoms with van der Waals surface area (Å²) < 4.78 is 5.16. The van der Waals surface area contributed by atoms with E-state index < -0.39 is 30.2 Å². The summed E-state index contributed by atoms with van der Waals surface area (Å²) in [6, 6.07) is 8.09. The first kappa shape index (κ1) is 13.4. The van der Waals surface area contributed by atoms with Crippen LogP contribution in [0.15, 0.2) is 30.3 Å². The molecule has 3 amide bonds. The number of imide groups is 1.